The first-order valence-electron chi connectivity index (χ1n) is 9.31. The molecule has 2 N–H and O–H groups in total. The van der Waals surface area contributed by atoms with Crippen LogP contribution in [0.3, 0.4) is 0 Å². The minimum Gasteiger partial charge on any atom is -0.347 e. The van der Waals surface area contributed by atoms with Crippen molar-refractivity contribution in [2.75, 3.05) is 0 Å². The van der Waals surface area contributed by atoms with Crippen LogP contribution in [0.5, 0.6) is 0 Å². The monoisotopic (exact) mass is 350 g/mol. The number of carbonyl (C=O) groups is 1. The second-order valence-electron chi connectivity index (χ2n) is 6.73. The van der Waals surface area contributed by atoms with Crippen LogP contribution in [0.4, 0.5) is 0 Å². The molecule has 136 valence electrons. The van der Waals surface area contributed by atoms with Gasteiger partial charge in [0.2, 0.25) is 5.91 Å². The van der Waals surface area contributed by atoms with Gasteiger partial charge in [0, 0.05) is 30.1 Å². The van der Waals surface area contributed by atoms with Crippen molar-refractivity contribution in [1.29, 1.82) is 0 Å². The fourth-order valence-electron chi connectivity index (χ4n) is 3.44. The molecule has 0 radical (unpaired) electrons. The smallest absolute Gasteiger partial charge is 0.243 e. The number of hydrogen-bond acceptors (Lipinski definition) is 2. The second kappa shape index (κ2) is 9.20. The normalized spacial score (nSPS) is 11.0. The number of para-hydroxylation sites is 1. The number of rotatable bonds is 9. The van der Waals surface area contributed by atoms with Crippen LogP contribution in [0.1, 0.15) is 43.2 Å². The fourth-order valence-corrected chi connectivity index (χ4v) is 3.44. The van der Waals surface area contributed by atoms with Crippen molar-refractivity contribution in [2.24, 2.45) is 0 Å². The van der Waals surface area contributed by atoms with Gasteiger partial charge >= 0.3 is 0 Å². The Morgan fingerprint density at radius 2 is 1.65 bits per heavy atom. The molecule has 0 bridgehead atoms. The van der Waals surface area contributed by atoms with Crippen LogP contribution in [0, 0.1) is 0 Å². The zero-order valence-corrected chi connectivity index (χ0v) is 15.0. The molecule has 1 heterocycles. The molecule has 1 aromatic heterocycles. The minimum atomic E-state index is -0.299. The molecular formula is C22H26N2O2. The molecule has 0 aliphatic rings. The van der Waals surface area contributed by atoms with E-state index in [-0.39, 0.29) is 5.91 Å². The van der Waals surface area contributed by atoms with Crippen LogP contribution < -0.4 is 5.48 Å². The molecule has 0 saturated heterocycles. The number of hydroxylamine groups is 1. The van der Waals surface area contributed by atoms with Crippen LogP contribution in [-0.4, -0.2) is 15.7 Å². The number of benzene rings is 2. The van der Waals surface area contributed by atoms with Crippen molar-refractivity contribution in [3.8, 4) is 0 Å². The first-order chi connectivity index (χ1) is 12.8. The molecular weight excluding hydrogens is 324 g/mol. The highest BCUT2D eigenvalue weighted by atomic mass is 16.5. The third-order valence-corrected chi connectivity index (χ3v) is 4.79. The molecule has 0 atom stereocenters. The van der Waals surface area contributed by atoms with Gasteiger partial charge in [-0.15, -0.1) is 0 Å². The van der Waals surface area contributed by atoms with Gasteiger partial charge in [-0.05, 0) is 36.5 Å². The summed E-state index contributed by atoms with van der Waals surface area (Å²) < 4.78 is 2.36. The van der Waals surface area contributed by atoms with Crippen LogP contribution in [0.2, 0.25) is 0 Å². The highest BCUT2D eigenvalue weighted by molar-refractivity contribution is 5.84. The summed E-state index contributed by atoms with van der Waals surface area (Å²) in [6, 6.07) is 19.2. The number of hydrogen-bond donors (Lipinski definition) is 2. The molecule has 2 aromatic carbocycles. The maximum absolute atomic E-state index is 11.0. The van der Waals surface area contributed by atoms with E-state index in [2.05, 4.69) is 65.4 Å². The number of amides is 1. The summed E-state index contributed by atoms with van der Waals surface area (Å²) in [5, 5.41) is 9.82. The standard InChI is InChI=1S/C22H26N2O2/c25-22(23-26)14-6-1-2-9-15-24-17-19(16-18-10-4-3-5-11-18)20-12-7-8-13-21(20)24/h3-5,7-8,10-13,17,26H,1-2,6,9,14-16H2,(H,23,25). The molecule has 1 amide bonds. The predicted molar refractivity (Wildman–Crippen MR) is 104 cm³/mol. The lowest BCUT2D eigenvalue weighted by molar-refractivity contribution is -0.129. The number of carbonyl (C=O) groups excluding carboxylic acids is 1. The Labute approximate surface area is 154 Å². The fraction of sp³-hybridized carbons (Fsp3) is 0.318. The van der Waals surface area contributed by atoms with Gasteiger partial charge in [-0.25, -0.2) is 5.48 Å². The van der Waals surface area contributed by atoms with Gasteiger partial charge < -0.3 is 4.57 Å². The quantitative estimate of drug-likeness (QED) is 0.334. The van der Waals surface area contributed by atoms with Crippen LogP contribution in [-0.2, 0) is 17.8 Å². The Hall–Kier alpha value is -2.59. The molecule has 0 aliphatic carbocycles. The zero-order chi connectivity index (χ0) is 18.2. The predicted octanol–water partition coefficient (Wildman–Crippen LogP) is 4.69. The van der Waals surface area contributed by atoms with E-state index in [1.165, 1.54) is 22.0 Å². The van der Waals surface area contributed by atoms with Crippen molar-refractivity contribution in [3.63, 3.8) is 0 Å². The van der Waals surface area contributed by atoms with E-state index in [4.69, 9.17) is 5.21 Å². The summed E-state index contributed by atoms with van der Waals surface area (Å²) in [6.45, 7) is 0.988. The molecule has 3 rings (SSSR count). The van der Waals surface area contributed by atoms with Gasteiger partial charge in [0.1, 0.15) is 0 Å². The molecule has 0 spiro atoms. The summed E-state index contributed by atoms with van der Waals surface area (Å²) in [4.78, 5) is 11.0. The van der Waals surface area contributed by atoms with Gasteiger partial charge in [-0.3, -0.25) is 10.0 Å². The van der Waals surface area contributed by atoms with Crippen LogP contribution >= 0.6 is 0 Å². The summed E-state index contributed by atoms with van der Waals surface area (Å²) in [6.07, 6.45) is 7.62. The van der Waals surface area contributed by atoms with Crippen molar-refractivity contribution in [2.45, 2.75) is 45.1 Å². The molecule has 0 saturated carbocycles. The summed E-state index contributed by atoms with van der Waals surface area (Å²) in [7, 11) is 0. The SMILES string of the molecule is O=C(CCCCCCn1cc(Cc2ccccc2)c2ccccc21)NO. The molecule has 4 heteroatoms. The largest absolute Gasteiger partial charge is 0.347 e. The van der Waals surface area contributed by atoms with E-state index >= 15 is 0 Å². The molecule has 26 heavy (non-hydrogen) atoms. The first-order valence-corrected chi connectivity index (χ1v) is 9.31. The number of aromatic nitrogens is 1. The van der Waals surface area contributed by atoms with Crippen molar-refractivity contribution in [3.05, 3.63) is 71.9 Å². The number of nitrogens with zero attached hydrogens (tertiary/aromatic N) is 1. The van der Waals surface area contributed by atoms with Crippen molar-refractivity contribution < 1.29 is 10.0 Å². The summed E-state index contributed by atoms with van der Waals surface area (Å²) in [5.74, 6) is -0.299. The Morgan fingerprint density at radius 1 is 0.923 bits per heavy atom. The lowest BCUT2D eigenvalue weighted by Gasteiger charge is -2.05. The van der Waals surface area contributed by atoms with Gasteiger partial charge in [-0.2, -0.15) is 0 Å². The van der Waals surface area contributed by atoms with Crippen molar-refractivity contribution >= 4 is 16.8 Å². The van der Waals surface area contributed by atoms with Gasteiger partial charge in [-0.1, -0.05) is 61.4 Å². The molecule has 3 aromatic rings. The van der Waals surface area contributed by atoms with Gasteiger partial charge in [0.15, 0.2) is 0 Å². The topological polar surface area (TPSA) is 54.3 Å². The number of unbranched alkanes of at least 4 members (excludes halogenated alkanes) is 3. The Balaban J connectivity index is 1.61. The second-order valence-corrected chi connectivity index (χ2v) is 6.73. The third-order valence-electron chi connectivity index (χ3n) is 4.79. The Kier molecular flexibility index (Phi) is 6.45. The highest BCUT2D eigenvalue weighted by Crippen LogP contribution is 2.24. The Morgan fingerprint density at radius 3 is 2.46 bits per heavy atom. The molecule has 4 nitrogen and oxygen atoms in total. The first kappa shape index (κ1) is 18.2. The molecule has 0 aliphatic heterocycles. The summed E-state index contributed by atoms with van der Waals surface area (Å²) in [5.41, 5.74) is 5.67. The average Bonchev–Trinajstić information content (AvgIpc) is 3.03. The van der Waals surface area contributed by atoms with Gasteiger partial charge in [0.05, 0.1) is 0 Å². The molecule has 0 fully saturated rings. The highest BCUT2D eigenvalue weighted by Gasteiger charge is 2.08. The van der Waals surface area contributed by atoms with E-state index in [9.17, 15) is 4.79 Å². The maximum Gasteiger partial charge on any atom is 0.243 e. The van der Waals surface area contributed by atoms with E-state index < -0.39 is 0 Å². The van der Waals surface area contributed by atoms with E-state index in [1.54, 1.807) is 5.48 Å². The van der Waals surface area contributed by atoms with E-state index in [1.807, 2.05) is 0 Å². The molecule has 0 unspecified atom stereocenters. The third kappa shape index (κ3) is 4.73. The van der Waals surface area contributed by atoms with Crippen LogP contribution in [0.25, 0.3) is 10.9 Å². The lowest BCUT2D eigenvalue weighted by Crippen LogP contribution is -2.17. The van der Waals surface area contributed by atoms with E-state index in [0.717, 1.165) is 38.6 Å². The number of nitrogens with one attached hydrogen (secondary N) is 1. The number of fused-ring (bicyclic) bond motifs is 1. The van der Waals surface area contributed by atoms with Gasteiger partial charge in [0.25, 0.3) is 0 Å². The minimum absolute atomic E-state index is 0.299. The van der Waals surface area contributed by atoms with E-state index in [0.29, 0.717) is 6.42 Å². The zero-order valence-electron chi connectivity index (χ0n) is 15.0. The number of aryl methyl sites for hydroxylation is 1. The lowest BCUT2D eigenvalue weighted by atomic mass is 10.0. The average molecular weight is 350 g/mol. The van der Waals surface area contributed by atoms with Crippen LogP contribution in [0.15, 0.2) is 60.8 Å². The maximum atomic E-state index is 11.0. The Bertz CT molecular complexity index is 840. The van der Waals surface area contributed by atoms with Crippen molar-refractivity contribution in [1.82, 2.24) is 10.0 Å². The summed E-state index contributed by atoms with van der Waals surface area (Å²) >= 11 is 0.